The van der Waals surface area contributed by atoms with Crippen LogP contribution in [0.15, 0.2) is 36.5 Å². The van der Waals surface area contributed by atoms with E-state index in [4.69, 9.17) is 18.9 Å². The number of carbonyl (C=O) groups excluding carboxylic acids is 4. The van der Waals surface area contributed by atoms with Crippen LogP contribution in [0.4, 0.5) is 0 Å². The Bertz CT molecular complexity index is 960. The zero-order chi connectivity index (χ0) is 28.5. The Hall–Kier alpha value is -2.90. The second-order valence-electron chi connectivity index (χ2n) is 13.1. The van der Waals surface area contributed by atoms with E-state index < -0.39 is 28.7 Å². The largest absolute Gasteiger partial charge is 0.464 e. The summed E-state index contributed by atoms with van der Waals surface area (Å²) in [6.45, 7) is 18.5. The maximum atomic E-state index is 13.8. The molecule has 8 nitrogen and oxygen atoms in total. The molecule has 0 aliphatic heterocycles. The molecule has 4 aliphatic carbocycles. The summed E-state index contributed by atoms with van der Waals surface area (Å²) in [5, 5.41) is 0. The predicted molar refractivity (Wildman–Crippen MR) is 141 cm³/mol. The first-order valence-electron chi connectivity index (χ1n) is 13.2. The van der Waals surface area contributed by atoms with E-state index in [0.717, 1.165) is 38.5 Å². The summed E-state index contributed by atoms with van der Waals surface area (Å²) in [5.74, 6) is -1.81. The maximum absolute atomic E-state index is 13.8. The molecule has 0 amide bonds. The van der Waals surface area contributed by atoms with Crippen LogP contribution in [-0.2, 0) is 38.1 Å². The first kappa shape index (κ1) is 29.7. The lowest BCUT2D eigenvalue weighted by Crippen LogP contribution is -2.58. The van der Waals surface area contributed by atoms with Gasteiger partial charge in [-0.1, -0.05) is 33.6 Å². The summed E-state index contributed by atoms with van der Waals surface area (Å²) in [6, 6.07) is 0. The van der Waals surface area contributed by atoms with Gasteiger partial charge in [-0.25, -0.2) is 14.4 Å². The Morgan fingerprint density at radius 2 is 1.03 bits per heavy atom. The molecule has 4 fully saturated rings. The number of ether oxygens (including phenoxy) is 4. The van der Waals surface area contributed by atoms with Crippen molar-refractivity contribution in [3.05, 3.63) is 36.5 Å². The quantitative estimate of drug-likeness (QED) is 0.200. The lowest BCUT2D eigenvalue weighted by atomic mass is 9.40. The van der Waals surface area contributed by atoms with Gasteiger partial charge in [-0.2, -0.15) is 0 Å². The fourth-order valence-corrected chi connectivity index (χ4v) is 7.32. The van der Waals surface area contributed by atoms with Gasteiger partial charge in [0.05, 0.1) is 5.41 Å². The van der Waals surface area contributed by atoms with Crippen molar-refractivity contribution in [3.8, 4) is 0 Å². The summed E-state index contributed by atoms with van der Waals surface area (Å²) in [7, 11) is 0. The molecule has 8 heteroatoms. The third-order valence-corrected chi connectivity index (χ3v) is 8.14. The molecule has 0 aromatic carbocycles. The molecule has 4 saturated carbocycles. The summed E-state index contributed by atoms with van der Waals surface area (Å²) >= 11 is 0. The molecule has 0 aromatic heterocycles. The molecule has 4 bridgehead atoms. The molecular formula is C30H42O8. The second-order valence-corrected chi connectivity index (χ2v) is 13.1. The van der Waals surface area contributed by atoms with Crippen LogP contribution in [0.25, 0.3) is 0 Å². The third kappa shape index (κ3) is 6.56. The van der Waals surface area contributed by atoms with Crippen LogP contribution < -0.4 is 0 Å². The van der Waals surface area contributed by atoms with Crippen LogP contribution in [-0.4, -0.2) is 50.3 Å². The topological polar surface area (TPSA) is 105 Å². The van der Waals surface area contributed by atoms with E-state index in [1.54, 1.807) is 0 Å². The molecule has 38 heavy (non-hydrogen) atoms. The molecular weight excluding hydrogens is 488 g/mol. The zero-order valence-corrected chi connectivity index (χ0v) is 23.5. The first-order valence-corrected chi connectivity index (χ1v) is 13.2. The number of hydrogen-bond donors (Lipinski definition) is 0. The number of carbonyl (C=O) groups is 4. The molecule has 0 N–H and O–H groups in total. The van der Waals surface area contributed by atoms with Crippen LogP contribution in [0.1, 0.15) is 73.1 Å². The monoisotopic (exact) mass is 530 g/mol. The fraction of sp³-hybridized carbons (Fsp3) is 0.667. The van der Waals surface area contributed by atoms with Gasteiger partial charge in [-0.15, -0.1) is 0 Å². The van der Waals surface area contributed by atoms with E-state index in [0.29, 0.717) is 5.92 Å². The lowest BCUT2D eigenvalue weighted by Gasteiger charge is -2.64. The molecule has 4 rings (SSSR count). The van der Waals surface area contributed by atoms with Crippen molar-refractivity contribution in [2.24, 2.45) is 27.6 Å². The Morgan fingerprint density at radius 1 is 0.658 bits per heavy atom. The summed E-state index contributed by atoms with van der Waals surface area (Å²) in [4.78, 5) is 50.5. The van der Waals surface area contributed by atoms with E-state index in [1.165, 1.54) is 20.8 Å². The highest BCUT2D eigenvalue weighted by molar-refractivity contribution is 5.88. The number of rotatable bonds is 12. The van der Waals surface area contributed by atoms with Gasteiger partial charge in [0, 0.05) is 16.7 Å². The average Bonchev–Trinajstić information content (AvgIpc) is 2.79. The molecule has 0 heterocycles. The van der Waals surface area contributed by atoms with Crippen LogP contribution in [0.3, 0.4) is 0 Å². The molecule has 0 aromatic rings. The van der Waals surface area contributed by atoms with Gasteiger partial charge in [-0.3, -0.25) is 4.79 Å². The van der Waals surface area contributed by atoms with Crippen LogP contribution >= 0.6 is 0 Å². The highest BCUT2D eigenvalue weighted by Crippen LogP contribution is 2.69. The van der Waals surface area contributed by atoms with Crippen LogP contribution in [0.5, 0.6) is 0 Å². The van der Waals surface area contributed by atoms with Crippen molar-refractivity contribution in [2.45, 2.75) is 73.1 Å². The minimum Gasteiger partial charge on any atom is -0.464 e. The smallest absolute Gasteiger partial charge is 0.333 e. The number of hydrogen-bond acceptors (Lipinski definition) is 8. The molecule has 2 unspecified atom stereocenters. The molecule has 210 valence electrons. The van der Waals surface area contributed by atoms with Crippen molar-refractivity contribution >= 4 is 23.9 Å². The van der Waals surface area contributed by atoms with Gasteiger partial charge in [0.15, 0.2) is 0 Å². The molecule has 0 radical (unpaired) electrons. The van der Waals surface area contributed by atoms with E-state index in [2.05, 4.69) is 33.6 Å². The van der Waals surface area contributed by atoms with Gasteiger partial charge in [0.1, 0.15) is 31.8 Å². The third-order valence-electron chi connectivity index (χ3n) is 8.14. The molecule has 4 aliphatic rings. The van der Waals surface area contributed by atoms with Crippen LogP contribution in [0.2, 0.25) is 0 Å². The Morgan fingerprint density at radius 3 is 1.37 bits per heavy atom. The van der Waals surface area contributed by atoms with Crippen molar-refractivity contribution in [1.82, 2.24) is 0 Å². The van der Waals surface area contributed by atoms with Gasteiger partial charge >= 0.3 is 23.9 Å². The zero-order valence-electron chi connectivity index (χ0n) is 23.5. The van der Waals surface area contributed by atoms with Crippen molar-refractivity contribution in [1.29, 1.82) is 0 Å². The van der Waals surface area contributed by atoms with E-state index >= 15 is 0 Å². The van der Waals surface area contributed by atoms with Gasteiger partial charge < -0.3 is 18.9 Å². The first-order chi connectivity index (χ1) is 17.5. The molecule has 0 spiro atoms. The summed E-state index contributed by atoms with van der Waals surface area (Å²) in [6.07, 6.45) is 5.72. The molecule has 0 saturated heterocycles. The van der Waals surface area contributed by atoms with Crippen molar-refractivity contribution in [3.63, 3.8) is 0 Å². The number of esters is 4. The normalized spacial score (nSPS) is 29.2. The van der Waals surface area contributed by atoms with Gasteiger partial charge in [-0.05, 0) is 76.0 Å². The Balaban J connectivity index is 1.85. The minimum atomic E-state index is -1.34. The highest BCUT2D eigenvalue weighted by Gasteiger charge is 2.63. The summed E-state index contributed by atoms with van der Waals surface area (Å²) in [5.41, 5.74) is -1.19. The molecule has 2 atom stereocenters. The van der Waals surface area contributed by atoms with E-state index in [-0.39, 0.29) is 59.9 Å². The highest BCUT2D eigenvalue weighted by atomic mass is 16.6. The summed E-state index contributed by atoms with van der Waals surface area (Å²) < 4.78 is 22.2. The van der Waals surface area contributed by atoms with Gasteiger partial charge in [0.25, 0.3) is 0 Å². The van der Waals surface area contributed by atoms with Gasteiger partial charge in [0.2, 0.25) is 0 Å². The lowest BCUT2D eigenvalue weighted by molar-refractivity contribution is -0.198. The SMILES string of the molecule is C=C(C)C(=O)OCC(COC(=O)C(=C)C)(COC(=O)C(=C)C)COC(=O)C12CC3CC(C)(CC(C)(C3)C1)C2. The van der Waals surface area contributed by atoms with E-state index in [9.17, 15) is 19.2 Å². The van der Waals surface area contributed by atoms with Crippen molar-refractivity contribution in [2.75, 3.05) is 26.4 Å². The predicted octanol–water partition coefficient (Wildman–Crippen LogP) is 4.87. The Labute approximate surface area is 225 Å². The maximum Gasteiger partial charge on any atom is 0.333 e. The second kappa shape index (κ2) is 10.7. The van der Waals surface area contributed by atoms with Crippen molar-refractivity contribution < 1.29 is 38.1 Å². The standard InChI is InChI=1S/C30H42O8/c1-19(2)23(31)35-15-29(16-36-24(32)20(3)4,17-37-25(33)21(5)6)18-38-26(34)30-11-22-9-27(7,13-30)12-28(8,10-22)14-30/h22H,1,3,5,9-18H2,2,4,6-8H3. The fourth-order valence-electron chi connectivity index (χ4n) is 7.32. The average molecular weight is 531 g/mol. The van der Waals surface area contributed by atoms with Crippen LogP contribution in [0, 0.1) is 27.6 Å². The Kier molecular flexibility index (Phi) is 8.35. The van der Waals surface area contributed by atoms with E-state index in [1.807, 2.05) is 0 Å². The minimum absolute atomic E-state index is 0.106.